The van der Waals surface area contributed by atoms with Crippen LogP contribution in [-0.2, 0) is 6.42 Å². The molecule has 0 saturated carbocycles. The van der Waals surface area contributed by atoms with Crippen LogP contribution in [0.3, 0.4) is 0 Å². The van der Waals surface area contributed by atoms with Gasteiger partial charge in [-0.15, -0.1) is 0 Å². The van der Waals surface area contributed by atoms with E-state index in [1.54, 1.807) is 14.2 Å². The van der Waals surface area contributed by atoms with Gasteiger partial charge in [0.2, 0.25) is 0 Å². The molecular weight excluding hydrogens is 270 g/mol. The molecule has 4 heteroatoms. The lowest BCUT2D eigenvalue weighted by Crippen LogP contribution is -2.19. The zero-order valence-corrected chi connectivity index (χ0v) is 11.1. The van der Waals surface area contributed by atoms with Crippen LogP contribution in [0.25, 0.3) is 0 Å². The third kappa shape index (κ3) is 1.80. The Morgan fingerprint density at radius 1 is 1.38 bits per heavy atom. The fourth-order valence-electron chi connectivity index (χ4n) is 2.35. The normalized spacial score (nSPS) is 19.1. The molecule has 1 aliphatic carbocycles. The van der Waals surface area contributed by atoms with Crippen molar-refractivity contribution in [3.8, 4) is 11.5 Å². The zero-order chi connectivity index (χ0) is 11.7. The highest BCUT2D eigenvalue weighted by Gasteiger charge is 2.26. The third-order valence-corrected chi connectivity index (χ3v) is 3.67. The third-order valence-electron chi connectivity index (χ3n) is 3.08. The first-order chi connectivity index (χ1) is 7.69. The van der Waals surface area contributed by atoms with Crippen molar-refractivity contribution >= 4 is 15.9 Å². The average Bonchev–Trinajstić information content (AvgIpc) is 2.29. The maximum atomic E-state index is 6.16. The molecule has 1 aromatic carbocycles. The molecule has 3 nitrogen and oxygen atoms in total. The minimum absolute atomic E-state index is 0.0464. The Morgan fingerprint density at radius 3 is 2.75 bits per heavy atom. The maximum absolute atomic E-state index is 6.16. The number of methoxy groups -OCH3 is 2. The van der Waals surface area contributed by atoms with Gasteiger partial charge in [0.25, 0.3) is 0 Å². The quantitative estimate of drug-likeness (QED) is 0.909. The molecule has 0 aromatic heterocycles. The summed E-state index contributed by atoms with van der Waals surface area (Å²) in [6.07, 6.45) is 3.12. The minimum Gasteiger partial charge on any atom is -0.496 e. The topological polar surface area (TPSA) is 44.5 Å². The fourth-order valence-corrected chi connectivity index (χ4v) is 2.93. The van der Waals surface area contributed by atoms with Crippen LogP contribution in [0.15, 0.2) is 10.5 Å². The Kier molecular flexibility index (Phi) is 3.40. The van der Waals surface area contributed by atoms with Gasteiger partial charge in [0.1, 0.15) is 11.5 Å². The number of nitrogens with two attached hydrogens (primary N) is 1. The second-order valence-corrected chi connectivity index (χ2v) is 4.84. The van der Waals surface area contributed by atoms with Gasteiger partial charge in [-0.05, 0) is 41.3 Å². The fraction of sp³-hybridized carbons (Fsp3) is 0.500. The number of hydrogen-bond donors (Lipinski definition) is 1. The van der Waals surface area contributed by atoms with Gasteiger partial charge in [-0.2, -0.15) is 0 Å². The molecule has 0 heterocycles. The van der Waals surface area contributed by atoms with E-state index in [2.05, 4.69) is 15.9 Å². The zero-order valence-electron chi connectivity index (χ0n) is 9.55. The van der Waals surface area contributed by atoms with Crippen LogP contribution >= 0.6 is 15.9 Å². The van der Waals surface area contributed by atoms with E-state index in [9.17, 15) is 0 Å². The lowest BCUT2D eigenvalue weighted by atomic mass is 9.87. The summed E-state index contributed by atoms with van der Waals surface area (Å²) in [4.78, 5) is 0. The van der Waals surface area contributed by atoms with Crippen molar-refractivity contribution in [1.82, 2.24) is 0 Å². The van der Waals surface area contributed by atoms with Crippen LogP contribution in [0.1, 0.15) is 30.0 Å². The minimum atomic E-state index is 0.0464. The van der Waals surface area contributed by atoms with Crippen molar-refractivity contribution in [1.29, 1.82) is 0 Å². The van der Waals surface area contributed by atoms with Gasteiger partial charge in [-0.25, -0.2) is 0 Å². The molecule has 1 aliphatic rings. The van der Waals surface area contributed by atoms with Gasteiger partial charge < -0.3 is 15.2 Å². The molecule has 16 heavy (non-hydrogen) atoms. The van der Waals surface area contributed by atoms with E-state index in [1.165, 1.54) is 5.56 Å². The summed E-state index contributed by atoms with van der Waals surface area (Å²) >= 11 is 3.49. The molecular formula is C12H16BrNO2. The van der Waals surface area contributed by atoms with Gasteiger partial charge >= 0.3 is 0 Å². The molecule has 0 radical (unpaired) electrons. The smallest absolute Gasteiger partial charge is 0.138 e. The van der Waals surface area contributed by atoms with Gasteiger partial charge in [-0.3, -0.25) is 0 Å². The van der Waals surface area contributed by atoms with Gasteiger partial charge in [0.05, 0.1) is 18.7 Å². The molecule has 0 aliphatic heterocycles. The Balaban J connectivity index is 2.66. The number of fused-ring (bicyclic) bond motifs is 1. The molecule has 1 atom stereocenters. The molecule has 1 unspecified atom stereocenters. The van der Waals surface area contributed by atoms with Gasteiger partial charge in [0, 0.05) is 17.2 Å². The Hall–Kier alpha value is -0.740. The number of benzene rings is 1. The number of ether oxygens (including phenoxy) is 2. The van der Waals surface area contributed by atoms with Gasteiger partial charge in [-0.1, -0.05) is 0 Å². The standard InChI is InChI=1S/C12H16BrNO2/c1-15-10-6-8(13)12(16-2)11-7(10)4-3-5-9(11)14/h6,9H,3-5,14H2,1-2H3. The summed E-state index contributed by atoms with van der Waals surface area (Å²) < 4.78 is 11.7. The summed E-state index contributed by atoms with van der Waals surface area (Å²) in [5.74, 6) is 1.75. The lowest BCUT2D eigenvalue weighted by molar-refractivity contribution is 0.379. The van der Waals surface area contributed by atoms with Crippen molar-refractivity contribution in [2.45, 2.75) is 25.3 Å². The van der Waals surface area contributed by atoms with E-state index in [-0.39, 0.29) is 6.04 Å². The van der Waals surface area contributed by atoms with E-state index < -0.39 is 0 Å². The molecule has 1 aromatic rings. The first-order valence-corrected chi connectivity index (χ1v) is 6.17. The molecule has 88 valence electrons. The molecule has 0 spiro atoms. The first kappa shape index (κ1) is 11.7. The number of rotatable bonds is 2. The average molecular weight is 286 g/mol. The van der Waals surface area contributed by atoms with Crippen molar-refractivity contribution in [3.63, 3.8) is 0 Å². The van der Waals surface area contributed by atoms with Crippen molar-refractivity contribution < 1.29 is 9.47 Å². The van der Waals surface area contributed by atoms with Crippen LogP contribution in [0.4, 0.5) is 0 Å². The summed E-state index contributed by atoms with van der Waals surface area (Å²) in [6.45, 7) is 0. The van der Waals surface area contributed by atoms with Gasteiger partial charge in [0.15, 0.2) is 0 Å². The highest BCUT2D eigenvalue weighted by Crippen LogP contribution is 2.44. The summed E-state index contributed by atoms with van der Waals surface area (Å²) in [7, 11) is 3.36. The van der Waals surface area contributed by atoms with E-state index >= 15 is 0 Å². The predicted octanol–water partition coefficient (Wildman–Crippen LogP) is 2.80. The van der Waals surface area contributed by atoms with E-state index in [0.717, 1.165) is 40.8 Å². The molecule has 0 fully saturated rings. The highest BCUT2D eigenvalue weighted by atomic mass is 79.9. The van der Waals surface area contributed by atoms with Crippen molar-refractivity contribution in [2.75, 3.05) is 14.2 Å². The first-order valence-electron chi connectivity index (χ1n) is 5.37. The maximum Gasteiger partial charge on any atom is 0.138 e. The second kappa shape index (κ2) is 4.63. The largest absolute Gasteiger partial charge is 0.496 e. The molecule has 0 bridgehead atoms. The second-order valence-electron chi connectivity index (χ2n) is 3.98. The summed E-state index contributed by atoms with van der Waals surface area (Å²) in [6, 6.07) is 2.00. The number of hydrogen-bond acceptors (Lipinski definition) is 3. The Labute approximate surface area is 104 Å². The summed E-state index contributed by atoms with van der Waals surface area (Å²) in [5, 5.41) is 0. The van der Waals surface area contributed by atoms with E-state index in [1.807, 2.05) is 6.07 Å². The lowest BCUT2D eigenvalue weighted by Gasteiger charge is -2.26. The van der Waals surface area contributed by atoms with Crippen LogP contribution in [0.2, 0.25) is 0 Å². The SMILES string of the molecule is COc1cc(Br)c(OC)c2c1CCCC2N. The Bertz CT molecular complexity index is 406. The monoisotopic (exact) mass is 285 g/mol. The molecule has 2 N–H and O–H groups in total. The van der Waals surface area contributed by atoms with Crippen molar-refractivity contribution in [2.24, 2.45) is 5.73 Å². The van der Waals surface area contributed by atoms with Crippen LogP contribution in [-0.4, -0.2) is 14.2 Å². The summed E-state index contributed by atoms with van der Waals surface area (Å²) in [5.41, 5.74) is 8.45. The van der Waals surface area contributed by atoms with Crippen LogP contribution in [0.5, 0.6) is 11.5 Å². The molecule has 0 saturated heterocycles. The Morgan fingerprint density at radius 2 is 2.12 bits per heavy atom. The molecule has 0 amide bonds. The van der Waals surface area contributed by atoms with E-state index in [0.29, 0.717) is 0 Å². The van der Waals surface area contributed by atoms with E-state index in [4.69, 9.17) is 15.2 Å². The predicted molar refractivity (Wildman–Crippen MR) is 67.1 cm³/mol. The van der Waals surface area contributed by atoms with Crippen LogP contribution < -0.4 is 15.2 Å². The molecule has 2 rings (SSSR count). The van der Waals surface area contributed by atoms with Crippen LogP contribution in [0, 0.1) is 0 Å². The highest BCUT2D eigenvalue weighted by molar-refractivity contribution is 9.10. The van der Waals surface area contributed by atoms with Crippen molar-refractivity contribution in [3.05, 3.63) is 21.7 Å². The number of halogens is 1.